The summed E-state index contributed by atoms with van der Waals surface area (Å²) in [6.45, 7) is 3.85. The molecule has 1 aliphatic rings. The fourth-order valence-electron chi connectivity index (χ4n) is 5.02. The van der Waals surface area contributed by atoms with Crippen LogP contribution in [0.3, 0.4) is 0 Å². The summed E-state index contributed by atoms with van der Waals surface area (Å²) in [5.41, 5.74) is 1.39. The van der Waals surface area contributed by atoms with E-state index in [1.807, 2.05) is 6.92 Å². The van der Waals surface area contributed by atoms with Crippen LogP contribution in [0.1, 0.15) is 54.4 Å². The number of carbonyl (C=O) groups excluding carboxylic acids is 1. The van der Waals surface area contributed by atoms with Crippen LogP contribution >= 0.6 is 22.9 Å². The Morgan fingerprint density at radius 2 is 1.91 bits per heavy atom. The number of ether oxygens (including phenoxy) is 3. The number of hydrogen-bond acceptors (Lipinski definition) is 9. The van der Waals surface area contributed by atoms with Crippen LogP contribution in [0.5, 0.6) is 11.5 Å². The predicted molar refractivity (Wildman–Crippen MR) is 165 cm³/mol. The molecule has 0 aliphatic carbocycles. The molecule has 2 aromatic carbocycles. The van der Waals surface area contributed by atoms with Gasteiger partial charge in [-0.15, -0.1) is 0 Å². The first-order valence-electron chi connectivity index (χ1n) is 13.8. The van der Waals surface area contributed by atoms with Gasteiger partial charge in [-0.05, 0) is 61.9 Å². The van der Waals surface area contributed by atoms with Crippen molar-refractivity contribution in [2.75, 3.05) is 20.8 Å². The number of carboxylic acids is 1. The lowest BCUT2D eigenvalue weighted by molar-refractivity contribution is -0.139. The number of aromatic nitrogens is 1. The molecule has 0 radical (unpaired) electrons. The van der Waals surface area contributed by atoms with E-state index < -0.39 is 23.5 Å². The lowest BCUT2D eigenvalue weighted by atomic mass is 9.93. The summed E-state index contributed by atoms with van der Waals surface area (Å²) in [5, 5.41) is 9.70. The lowest BCUT2D eigenvalue weighted by Gasteiger charge is -2.27. The highest BCUT2D eigenvalue weighted by Gasteiger charge is 2.36. The number of thiazole rings is 1. The average molecular weight is 637 g/mol. The monoisotopic (exact) mass is 636 g/mol. The first kappa shape index (κ1) is 30.8. The molecule has 1 N–H and O–H groups in total. The number of benzene rings is 2. The van der Waals surface area contributed by atoms with Crippen molar-refractivity contribution >= 4 is 41.0 Å². The molecule has 0 saturated carbocycles. The standard InChI is InChI=1S/C32H29ClN2O8S/c1-5-7-23-27(31(39)42-6-2)28(21-15-18(40-3)9-12-24(21)41-4)35-29(36)26(44-32(35)34-23)16-19-10-13-25(43-19)20-14-17(30(37)38)8-11-22(20)33/h8-16,28H,5-7H2,1-4H3,(H,37,38)/b26-16-/t28-/m0/s1. The van der Waals surface area contributed by atoms with Crippen LogP contribution in [-0.4, -0.2) is 42.4 Å². The Morgan fingerprint density at radius 3 is 2.59 bits per heavy atom. The third-order valence-electron chi connectivity index (χ3n) is 7.00. The van der Waals surface area contributed by atoms with Gasteiger partial charge in [-0.2, -0.15) is 0 Å². The van der Waals surface area contributed by atoms with Gasteiger partial charge in [0.2, 0.25) is 0 Å². The molecule has 0 bridgehead atoms. The summed E-state index contributed by atoms with van der Waals surface area (Å²) >= 11 is 7.49. The molecule has 5 rings (SSSR count). The minimum Gasteiger partial charge on any atom is -0.497 e. The van der Waals surface area contributed by atoms with Crippen LogP contribution in [0, 0.1) is 0 Å². The van der Waals surface area contributed by atoms with Gasteiger partial charge in [-0.25, -0.2) is 14.6 Å². The summed E-state index contributed by atoms with van der Waals surface area (Å²) in [6.07, 6.45) is 2.77. The number of rotatable bonds is 10. The number of nitrogens with zero attached hydrogens (tertiary/aromatic N) is 2. The Morgan fingerprint density at radius 1 is 1.11 bits per heavy atom. The number of aromatic carboxylic acids is 1. The predicted octanol–water partition coefficient (Wildman–Crippen LogP) is 5.21. The Hall–Kier alpha value is -4.61. The quantitative estimate of drug-likeness (QED) is 0.235. The van der Waals surface area contributed by atoms with Gasteiger partial charge in [0.1, 0.15) is 29.1 Å². The molecule has 1 atom stereocenters. The number of methoxy groups -OCH3 is 2. The van der Waals surface area contributed by atoms with E-state index in [2.05, 4.69) is 0 Å². The second-order valence-electron chi connectivity index (χ2n) is 9.72. The van der Waals surface area contributed by atoms with E-state index in [1.54, 1.807) is 43.3 Å². The van der Waals surface area contributed by atoms with E-state index >= 15 is 0 Å². The van der Waals surface area contributed by atoms with Gasteiger partial charge in [-0.1, -0.05) is 36.3 Å². The maximum atomic E-state index is 14.1. The van der Waals surface area contributed by atoms with Crippen molar-refractivity contribution in [3.8, 4) is 22.8 Å². The molecule has 0 amide bonds. The Bertz CT molecular complexity index is 1970. The number of carboxylic acid groups (broad SMARTS) is 1. The fraction of sp³-hybridized carbons (Fsp3) is 0.250. The molecule has 3 heterocycles. The van der Waals surface area contributed by atoms with Crippen molar-refractivity contribution in [1.82, 2.24) is 4.57 Å². The van der Waals surface area contributed by atoms with E-state index in [1.165, 1.54) is 37.0 Å². The van der Waals surface area contributed by atoms with Gasteiger partial charge in [0.05, 0.1) is 47.2 Å². The molecule has 0 fully saturated rings. The van der Waals surface area contributed by atoms with Gasteiger partial charge in [-0.3, -0.25) is 9.36 Å². The highest BCUT2D eigenvalue weighted by atomic mass is 35.5. The Labute approximate surface area is 261 Å². The molecule has 0 unspecified atom stereocenters. The third kappa shape index (κ3) is 5.80. The van der Waals surface area contributed by atoms with Crippen molar-refractivity contribution in [2.24, 2.45) is 4.99 Å². The van der Waals surface area contributed by atoms with Crippen LogP contribution in [0.15, 0.2) is 74.0 Å². The Kier molecular flexibility index (Phi) is 9.07. The number of furan rings is 1. The van der Waals surface area contributed by atoms with Crippen LogP contribution in [-0.2, 0) is 9.53 Å². The summed E-state index contributed by atoms with van der Waals surface area (Å²) in [7, 11) is 3.05. The molecule has 228 valence electrons. The number of fused-ring (bicyclic) bond motifs is 1. The smallest absolute Gasteiger partial charge is 0.338 e. The number of esters is 1. The first-order chi connectivity index (χ1) is 21.2. The molecule has 10 nitrogen and oxygen atoms in total. The second kappa shape index (κ2) is 12.9. The van der Waals surface area contributed by atoms with Crippen LogP contribution in [0.4, 0.5) is 0 Å². The van der Waals surface area contributed by atoms with Crippen LogP contribution < -0.4 is 24.4 Å². The highest BCUT2D eigenvalue weighted by molar-refractivity contribution is 7.07. The fourth-order valence-corrected chi connectivity index (χ4v) is 6.23. The summed E-state index contributed by atoms with van der Waals surface area (Å²) in [4.78, 5) is 44.2. The SMILES string of the molecule is CCCC1=C(C(=O)OCC)[C@H](c2cc(OC)ccc2OC)n2c(s/c(=C\c3ccc(-c4cc(C(=O)O)ccc4Cl)o3)c2=O)=N1. The first-order valence-corrected chi connectivity index (χ1v) is 15.0. The van der Waals surface area contributed by atoms with E-state index in [-0.39, 0.29) is 17.7 Å². The maximum absolute atomic E-state index is 14.1. The molecule has 1 aliphatic heterocycles. The molecular formula is C32H29ClN2O8S. The molecule has 0 spiro atoms. The van der Waals surface area contributed by atoms with Gasteiger partial charge >= 0.3 is 11.9 Å². The summed E-state index contributed by atoms with van der Waals surface area (Å²) in [6, 6.07) is 11.9. The van der Waals surface area contributed by atoms with E-state index in [9.17, 15) is 19.5 Å². The van der Waals surface area contributed by atoms with E-state index in [0.29, 0.717) is 67.0 Å². The van der Waals surface area contributed by atoms with Crippen LogP contribution in [0.25, 0.3) is 17.4 Å². The summed E-state index contributed by atoms with van der Waals surface area (Å²) in [5.74, 6) is -0.000410. The Balaban J connectivity index is 1.71. The average Bonchev–Trinajstić information content (AvgIpc) is 3.60. The zero-order valence-corrected chi connectivity index (χ0v) is 26.0. The van der Waals surface area contributed by atoms with Crippen molar-refractivity contribution in [2.45, 2.75) is 32.7 Å². The van der Waals surface area contributed by atoms with Crippen molar-refractivity contribution in [3.63, 3.8) is 0 Å². The number of carbonyl (C=O) groups is 2. The third-order valence-corrected chi connectivity index (χ3v) is 8.32. The van der Waals surface area contributed by atoms with Gasteiger partial charge in [0, 0.05) is 17.2 Å². The van der Waals surface area contributed by atoms with Crippen molar-refractivity contribution in [1.29, 1.82) is 0 Å². The maximum Gasteiger partial charge on any atom is 0.338 e. The summed E-state index contributed by atoms with van der Waals surface area (Å²) < 4.78 is 24.4. The zero-order valence-electron chi connectivity index (χ0n) is 24.4. The van der Waals surface area contributed by atoms with Gasteiger partial charge < -0.3 is 23.7 Å². The topological polar surface area (TPSA) is 130 Å². The molecule has 12 heteroatoms. The largest absolute Gasteiger partial charge is 0.497 e. The van der Waals surface area contributed by atoms with Crippen molar-refractivity contribution in [3.05, 3.63) is 101 Å². The van der Waals surface area contributed by atoms with Crippen LogP contribution in [0.2, 0.25) is 5.02 Å². The van der Waals surface area contributed by atoms with E-state index in [0.717, 1.165) is 11.3 Å². The zero-order chi connectivity index (χ0) is 31.5. The van der Waals surface area contributed by atoms with Gasteiger partial charge in [0.15, 0.2) is 4.80 Å². The van der Waals surface area contributed by atoms with Crippen molar-refractivity contribution < 1.29 is 33.3 Å². The van der Waals surface area contributed by atoms with Gasteiger partial charge in [0.25, 0.3) is 5.56 Å². The number of hydrogen-bond donors (Lipinski definition) is 1. The lowest BCUT2D eigenvalue weighted by Crippen LogP contribution is -2.40. The normalized spacial score (nSPS) is 14.7. The molecule has 0 saturated heterocycles. The minimum absolute atomic E-state index is 0.0592. The molecule has 4 aromatic rings. The van der Waals surface area contributed by atoms with E-state index in [4.69, 9.17) is 35.2 Å². The molecule has 2 aromatic heterocycles. The molecular weight excluding hydrogens is 608 g/mol. The minimum atomic E-state index is -1.09. The highest BCUT2D eigenvalue weighted by Crippen LogP contribution is 2.39. The second-order valence-corrected chi connectivity index (χ2v) is 11.1. The molecule has 44 heavy (non-hydrogen) atoms. The number of allylic oxidation sites excluding steroid dienone is 1. The number of halogens is 1.